The fourth-order valence-corrected chi connectivity index (χ4v) is 6.28. The first-order valence-corrected chi connectivity index (χ1v) is 9.88. The van der Waals surface area contributed by atoms with Crippen molar-refractivity contribution in [3.05, 3.63) is 55.8 Å². The third kappa shape index (κ3) is 1.88. The molecule has 4 aliphatic rings. The summed E-state index contributed by atoms with van der Waals surface area (Å²) in [5.41, 5.74) is -0.454. The van der Waals surface area contributed by atoms with Gasteiger partial charge in [0, 0.05) is 39.1 Å². The molecule has 0 radical (unpaired) electrons. The van der Waals surface area contributed by atoms with E-state index in [1.54, 1.807) is 13.8 Å². The number of piperidine rings is 2. The van der Waals surface area contributed by atoms with Gasteiger partial charge in [0.05, 0.1) is 32.3 Å². The van der Waals surface area contributed by atoms with Crippen LogP contribution < -0.4 is 0 Å². The molecule has 154 valence electrons. The van der Waals surface area contributed by atoms with E-state index in [9.17, 15) is 20.2 Å². The van der Waals surface area contributed by atoms with Crippen LogP contribution in [0.4, 0.5) is 0 Å². The first kappa shape index (κ1) is 18.5. The second-order valence-corrected chi connectivity index (χ2v) is 9.46. The Labute approximate surface area is 168 Å². The molecule has 9 nitrogen and oxygen atoms in total. The van der Waals surface area contributed by atoms with Crippen molar-refractivity contribution >= 4 is 10.9 Å². The number of aromatic nitrogens is 1. The highest BCUT2D eigenvalue weighted by atomic mass is 16.6. The fraction of sp³-hybridized carbons (Fsp3) is 0.600. The van der Waals surface area contributed by atoms with Crippen LogP contribution in [0.5, 0.6) is 0 Å². The van der Waals surface area contributed by atoms with Crippen molar-refractivity contribution in [1.82, 2.24) is 14.4 Å². The number of nitro groups is 2. The zero-order valence-electron chi connectivity index (χ0n) is 17.1. The van der Waals surface area contributed by atoms with E-state index in [0.717, 1.165) is 22.2 Å². The maximum absolute atomic E-state index is 12.3. The molecule has 9 heteroatoms. The quantitative estimate of drug-likeness (QED) is 0.580. The molecule has 4 bridgehead atoms. The molecule has 2 aromatic rings. The molecule has 5 heterocycles. The van der Waals surface area contributed by atoms with Crippen LogP contribution in [0.25, 0.3) is 10.9 Å². The molecule has 0 N–H and O–H groups in total. The Morgan fingerprint density at radius 1 is 0.966 bits per heavy atom. The molecular weight excluding hydrogens is 374 g/mol. The van der Waals surface area contributed by atoms with Gasteiger partial charge in [-0.25, -0.2) is 0 Å². The molecule has 1 aromatic carbocycles. The Balaban J connectivity index is 1.71. The summed E-state index contributed by atoms with van der Waals surface area (Å²) < 4.78 is 2.13. The van der Waals surface area contributed by atoms with Crippen molar-refractivity contribution in [3.8, 4) is 0 Å². The fourth-order valence-electron chi connectivity index (χ4n) is 6.28. The lowest BCUT2D eigenvalue weighted by molar-refractivity contribution is -0.679. The lowest BCUT2D eigenvalue weighted by Gasteiger charge is -2.66. The lowest BCUT2D eigenvalue weighted by atomic mass is 9.53. The summed E-state index contributed by atoms with van der Waals surface area (Å²) in [4.78, 5) is 28.0. The minimum Gasteiger partial charge on any atom is -0.348 e. The highest BCUT2D eigenvalue weighted by Crippen LogP contribution is 2.59. The van der Waals surface area contributed by atoms with E-state index >= 15 is 0 Å². The zero-order chi connectivity index (χ0) is 20.9. The topological polar surface area (TPSA) is 97.7 Å². The molecule has 4 aliphatic heterocycles. The largest absolute Gasteiger partial charge is 0.348 e. The number of nitrogens with zero attached hydrogens (tertiary/aromatic N) is 5. The molecule has 0 spiro atoms. The molecule has 1 aromatic heterocycles. The van der Waals surface area contributed by atoms with Crippen LogP contribution in [0.15, 0.2) is 24.3 Å². The van der Waals surface area contributed by atoms with E-state index in [1.807, 2.05) is 29.0 Å². The summed E-state index contributed by atoms with van der Waals surface area (Å²) >= 11 is 0. The van der Waals surface area contributed by atoms with Gasteiger partial charge >= 0.3 is 0 Å². The van der Waals surface area contributed by atoms with Crippen LogP contribution in [0.2, 0.25) is 0 Å². The summed E-state index contributed by atoms with van der Waals surface area (Å²) in [6.45, 7) is 6.41. The Morgan fingerprint density at radius 3 is 1.93 bits per heavy atom. The van der Waals surface area contributed by atoms with Crippen LogP contribution >= 0.6 is 0 Å². The molecule has 4 saturated heterocycles. The van der Waals surface area contributed by atoms with E-state index in [2.05, 4.69) is 23.6 Å². The van der Waals surface area contributed by atoms with Crippen molar-refractivity contribution in [2.75, 3.05) is 26.2 Å². The molecule has 29 heavy (non-hydrogen) atoms. The van der Waals surface area contributed by atoms with Gasteiger partial charge in [0.1, 0.15) is 5.41 Å². The minimum absolute atomic E-state index is 0.182. The van der Waals surface area contributed by atoms with E-state index in [0.29, 0.717) is 0 Å². The second-order valence-electron chi connectivity index (χ2n) is 9.46. The van der Waals surface area contributed by atoms with Crippen molar-refractivity contribution < 1.29 is 9.85 Å². The third-order valence-electron chi connectivity index (χ3n) is 8.28. The predicted octanol–water partition coefficient (Wildman–Crippen LogP) is 2.19. The molecule has 4 fully saturated rings. The van der Waals surface area contributed by atoms with Crippen molar-refractivity contribution in [1.29, 1.82) is 0 Å². The molecular formula is C20H25N5O4. The van der Waals surface area contributed by atoms with Gasteiger partial charge in [-0.3, -0.25) is 30.0 Å². The minimum atomic E-state index is -1.36. The maximum atomic E-state index is 12.3. The summed E-state index contributed by atoms with van der Waals surface area (Å²) in [6.07, 6.45) is -0.182. The van der Waals surface area contributed by atoms with Gasteiger partial charge in [-0.1, -0.05) is 18.2 Å². The monoisotopic (exact) mass is 399 g/mol. The van der Waals surface area contributed by atoms with Gasteiger partial charge in [0.25, 0.3) is 11.1 Å². The molecule has 0 atom stereocenters. The number of benzene rings is 1. The summed E-state index contributed by atoms with van der Waals surface area (Å²) in [7, 11) is 2.02. The SMILES string of the molecule is Cc1c(C2N3CC4([N+](=O)[O-])CN2CC([N+](=O)[O-])(C3)C4(C)C)c2ccccc2n1C. The highest BCUT2D eigenvalue weighted by molar-refractivity contribution is 5.86. The number of hydrogen-bond donors (Lipinski definition) is 0. The Hall–Kier alpha value is -2.52. The van der Waals surface area contributed by atoms with Gasteiger partial charge in [0.2, 0.25) is 0 Å². The van der Waals surface area contributed by atoms with Gasteiger partial charge in [-0.2, -0.15) is 0 Å². The van der Waals surface area contributed by atoms with Gasteiger partial charge in [-0.05, 0) is 26.8 Å². The van der Waals surface area contributed by atoms with E-state index in [1.165, 1.54) is 0 Å². The Kier molecular flexibility index (Phi) is 3.41. The smallest absolute Gasteiger partial charge is 0.259 e. The first-order valence-electron chi connectivity index (χ1n) is 9.88. The predicted molar refractivity (Wildman–Crippen MR) is 107 cm³/mol. The van der Waals surface area contributed by atoms with Gasteiger partial charge in [-0.15, -0.1) is 0 Å². The van der Waals surface area contributed by atoms with Crippen molar-refractivity contribution in [2.24, 2.45) is 12.5 Å². The van der Waals surface area contributed by atoms with E-state index < -0.39 is 16.5 Å². The number of fused-ring (bicyclic) bond motifs is 1. The zero-order valence-corrected chi connectivity index (χ0v) is 17.1. The standard InChI is InChI=1S/C20H25N5O4/c1-13-16(14-7-5-6-8-15(14)21(13)4)17-22-9-19(24(26)27)10-23(17)12-20(11-22,25(28)29)18(19,2)3/h5-8,17H,9-12H2,1-4H3. The number of aryl methyl sites for hydroxylation is 1. The van der Waals surface area contributed by atoms with Crippen LogP contribution in [0.3, 0.4) is 0 Å². The number of para-hydroxylation sites is 1. The Bertz CT molecular complexity index is 1020. The van der Waals surface area contributed by atoms with Gasteiger partial charge < -0.3 is 4.57 Å². The first-order chi connectivity index (χ1) is 13.6. The average Bonchev–Trinajstić information content (AvgIpc) is 2.89. The lowest BCUT2D eigenvalue weighted by Crippen LogP contribution is -2.88. The van der Waals surface area contributed by atoms with Crippen LogP contribution in [-0.4, -0.2) is 61.5 Å². The van der Waals surface area contributed by atoms with E-state index in [4.69, 9.17) is 0 Å². The summed E-state index contributed by atoms with van der Waals surface area (Å²) in [6, 6.07) is 8.12. The normalized spacial score (nSPS) is 37.2. The highest BCUT2D eigenvalue weighted by Gasteiger charge is 2.81. The van der Waals surface area contributed by atoms with Crippen LogP contribution in [0, 0.1) is 32.6 Å². The Morgan fingerprint density at radius 2 is 1.45 bits per heavy atom. The number of hydrogen-bond acceptors (Lipinski definition) is 6. The third-order valence-corrected chi connectivity index (χ3v) is 8.28. The summed E-state index contributed by atoms with van der Waals surface area (Å²) in [5, 5.41) is 25.7. The molecule has 0 amide bonds. The molecule has 6 rings (SSSR count). The molecule has 0 saturated carbocycles. The average molecular weight is 399 g/mol. The van der Waals surface area contributed by atoms with Crippen molar-refractivity contribution in [2.45, 2.75) is 38.0 Å². The van der Waals surface area contributed by atoms with Crippen LogP contribution in [0.1, 0.15) is 31.3 Å². The second kappa shape index (κ2) is 5.34. The van der Waals surface area contributed by atoms with Gasteiger partial charge in [0.15, 0.2) is 0 Å². The molecule has 0 aliphatic carbocycles. The molecule has 0 unspecified atom stereocenters. The number of rotatable bonds is 3. The summed E-state index contributed by atoms with van der Waals surface area (Å²) in [5.74, 6) is 0. The van der Waals surface area contributed by atoms with Crippen molar-refractivity contribution in [3.63, 3.8) is 0 Å². The van der Waals surface area contributed by atoms with E-state index in [-0.39, 0.29) is 42.2 Å². The maximum Gasteiger partial charge on any atom is 0.259 e. The van der Waals surface area contributed by atoms with Crippen LogP contribution in [-0.2, 0) is 7.05 Å².